The summed E-state index contributed by atoms with van der Waals surface area (Å²) >= 11 is 11.9. The average Bonchev–Trinajstić information content (AvgIpc) is 2.21. The smallest absolute Gasteiger partial charge is 0.126 e. The lowest BCUT2D eigenvalue weighted by atomic mass is 10.1. The van der Waals surface area contributed by atoms with Crippen molar-refractivity contribution in [2.45, 2.75) is 19.9 Å². The van der Waals surface area contributed by atoms with E-state index in [1.54, 1.807) is 7.11 Å². The summed E-state index contributed by atoms with van der Waals surface area (Å²) in [6.07, 6.45) is 0. The molecule has 0 amide bonds. The minimum atomic E-state index is -0.446. The first-order valence-corrected chi connectivity index (χ1v) is 6.11. The molecule has 0 heterocycles. The Bertz CT molecular complexity index is 362. The predicted molar refractivity (Wildman–Crippen MR) is 70.5 cm³/mol. The van der Waals surface area contributed by atoms with E-state index in [0.717, 1.165) is 0 Å². The summed E-state index contributed by atoms with van der Waals surface area (Å²) in [5.41, 5.74) is 0.547. The van der Waals surface area contributed by atoms with Crippen molar-refractivity contribution in [1.82, 2.24) is 0 Å². The normalized spacial score (nSPS) is 12.9. The number of halogens is 3. The zero-order valence-electron chi connectivity index (χ0n) is 10.1. The number of hydrogen-bond acceptors (Lipinski definition) is 2. The van der Waals surface area contributed by atoms with Crippen LogP contribution in [0.4, 0.5) is 10.1 Å². The van der Waals surface area contributed by atoms with Crippen molar-refractivity contribution < 1.29 is 9.13 Å². The van der Waals surface area contributed by atoms with Crippen LogP contribution in [0.5, 0.6) is 0 Å². The number of benzene rings is 1. The average molecular weight is 280 g/mol. The highest BCUT2D eigenvalue weighted by molar-refractivity contribution is 6.39. The molecule has 0 radical (unpaired) electrons. The molecule has 1 aromatic rings. The standard InChI is InChI=1S/C12H16Cl2FNO/c1-7(2)11(6-17-3)16-12-9(13)4-8(15)5-10(12)14/h4-5,7,11,16H,6H2,1-3H3. The molecule has 0 aliphatic heterocycles. The van der Waals surface area contributed by atoms with Crippen LogP contribution in [0.2, 0.25) is 10.0 Å². The van der Waals surface area contributed by atoms with Crippen LogP contribution in [0, 0.1) is 11.7 Å². The maximum absolute atomic E-state index is 13.0. The lowest BCUT2D eigenvalue weighted by Gasteiger charge is -2.24. The molecule has 5 heteroatoms. The number of rotatable bonds is 5. The highest BCUT2D eigenvalue weighted by Crippen LogP contribution is 2.32. The zero-order valence-corrected chi connectivity index (χ0v) is 11.6. The second-order valence-corrected chi connectivity index (χ2v) is 5.01. The molecular formula is C12H16Cl2FNO. The first-order chi connectivity index (χ1) is 7.95. The van der Waals surface area contributed by atoms with Crippen molar-refractivity contribution in [1.29, 1.82) is 0 Å². The Balaban J connectivity index is 2.93. The van der Waals surface area contributed by atoms with E-state index in [4.69, 9.17) is 27.9 Å². The van der Waals surface area contributed by atoms with Gasteiger partial charge in [-0.05, 0) is 18.1 Å². The second kappa shape index (κ2) is 6.43. The fourth-order valence-corrected chi connectivity index (χ4v) is 2.02. The van der Waals surface area contributed by atoms with Crippen LogP contribution in [0.25, 0.3) is 0 Å². The largest absolute Gasteiger partial charge is 0.383 e. The highest BCUT2D eigenvalue weighted by atomic mass is 35.5. The lowest BCUT2D eigenvalue weighted by Crippen LogP contribution is -2.30. The minimum Gasteiger partial charge on any atom is -0.383 e. The molecule has 1 rings (SSSR count). The van der Waals surface area contributed by atoms with Gasteiger partial charge in [0.05, 0.1) is 28.4 Å². The van der Waals surface area contributed by atoms with Crippen molar-refractivity contribution in [2.24, 2.45) is 5.92 Å². The van der Waals surface area contributed by atoms with Crippen LogP contribution in [-0.2, 0) is 4.74 Å². The fraction of sp³-hybridized carbons (Fsp3) is 0.500. The monoisotopic (exact) mass is 279 g/mol. The van der Waals surface area contributed by atoms with Crippen LogP contribution in [0.3, 0.4) is 0 Å². The van der Waals surface area contributed by atoms with Crippen LogP contribution in [0.15, 0.2) is 12.1 Å². The zero-order chi connectivity index (χ0) is 13.0. The summed E-state index contributed by atoms with van der Waals surface area (Å²) in [6.45, 7) is 4.64. The Hall–Kier alpha value is -0.510. The van der Waals surface area contributed by atoms with E-state index >= 15 is 0 Å². The Kier molecular flexibility index (Phi) is 5.50. The molecule has 0 aliphatic carbocycles. The molecule has 0 spiro atoms. The number of anilines is 1. The molecule has 0 aromatic heterocycles. The first kappa shape index (κ1) is 14.6. The van der Waals surface area contributed by atoms with Crippen LogP contribution in [-0.4, -0.2) is 19.8 Å². The van der Waals surface area contributed by atoms with Gasteiger partial charge in [-0.2, -0.15) is 0 Å². The summed E-state index contributed by atoms with van der Waals surface area (Å²) in [7, 11) is 1.63. The predicted octanol–water partition coefficient (Wildman–Crippen LogP) is 4.22. The van der Waals surface area contributed by atoms with Crippen molar-refractivity contribution in [3.05, 3.63) is 28.0 Å². The minimum absolute atomic E-state index is 0.0699. The van der Waals surface area contributed by atoms with E-state index in [9.17, 15) is 4.39 Å². The van der Waals surface area contributed by atoms with E-state index in [2.05, 4.69) is 19.2 Å². The van der Waals surface area contributed by atoms with Crippen molar-refractivity contribution in [3.63, 3.8) is 0 Å². The van der Waals surface area contributed by atoms with Crippen molar-refractivity contribution in [3.8, 4) is 0 Å². The number of ether oxygens (including phenoxy) is 1. The molecule has 2 nitrogen and oxygen atoms in total. The summed E-state index contributed by atoms with van der Waals surface area (Å²) in [4.78, 5) is 0. The van der Waals surface area contributed by atoms with E-state index in [1.807, 2.05) is 0 Å². The van der Waals surface area contributed by atoms with Gasteiger partial charge < -0.3 is 10.1 Å². The van der Waals surface area contributed by atoms with Gasteiger partial charge in [0, 0.05) is 7.11 Å². The summed E-state index contributed by atoms with van der Waals surface area (Å²) in [5, 5.41) is 3.74. The number of methoxy groups -OCH3 is 1. The molecule has 0 bridgehead atoms. The SMILES string of the molecule is COCC(Nc1c(Cl)cc(F)cc1Cl)C(C)C. The van der Waals surface area contributed by atoms with Crippen LogP contribution in [0.1, 0.15) is 13.8 Å². The topological polar surface area (TPSA) is 21.3 Å². The molecule has 0 saturated heterocycles. The Morgan fingerprint density at radius 2 is 1.82 bits per heavy atom. The lowest BCUT2D eigenvalue weighted by molar-refractivity contribution is 0.171. The molecule has 0 saturated carbocycles. The Labute approximate surface area is 111 Å². The van der Waals surface area contributed by atoms with Gasteiger partial charge in [0.25, 0.3) is 0 Å². The van der Waals surface area contributed by atoms with Gasteiger partial charge >= 0.3 is 0 Å². The molecular weight excluding hydrogens is 264 g/mol. The van der Waals surface area contributed by atoms with Gasteiger partial charge in [0.15, 0.2) is 0 Å². The van der Waals surface area contributed by atoms with E-state index in [-0.39, 0.29) is 16.1 Å². The Morgan fingerprint density at radius 3 is 2.24 bits per heavy atom. The highest BCUT2D eigenvalue weighted by Gasteiger charge is 2.17. The molecule has 1 unspecified atom stereocenters. The Morgan fingerprint density at radius 1 is 1.29 bits per heavy atom. The van der Waals surface area contributed by atoms with Crippen LogP contribution >= 0.6 is 23.2 Å². The molecule has 0 aliphatic rings. The molecule has 1 N–H and O–H groups in total. The van der Waals surface area contributed by atoms with Gasteiger partial charge in [-0.25, -0.2) is 4.39 Å². The van der Waals surface area contributed by atoms with Gasteiger partial charge in [-0.15, -0.1) is 0 Å². The van der Waals surface area contributed by atoms with Crippen molar-refractivity contribution in [2.75, 3.05) is 19.0 Å². The number of nitrogens with one attached hydrogen (secondary N) is 1. The van der Waals surface area contributed by atoms with Crippen LogP contribution < -0.4 is 5.32 Å². The molecule has 0 fully saturated rings. The summed E-state index contributed by atoms with van der Waals surface area (Å²) < 4.78 is 18.1. The third kappa shape index (κ3) is 4.02. The van der Waals surface area contributed by atoms with E-state index in [0.29, 0.717) is 18.2 Å². The van der Waals surface area contributed by atoms with Gasteiger partial charge in [-0.3, -0.25) is 0 Å². The number of hydrogen-bond donors (Lipinski definition) is 1. The first-order valence-electron chi connectivity index (χ1n) is 5.35. The molecule has 1 atom stereocenters. The maximum Gasteiger partial charge on any atom is 0.126 e. The van der Waals surface area contributed by atoms with Gasteiger partial charge in [0.2, 0.25) is 0 Å². The van der Waals surface area contributed by atoms with E-state index < -0.39 is 5.82 Å². The third-order valence-corrected chi connectivity index (χ3v) is 3.08. The van der Waals surface area contributed by atoms with Crippen molar-refractivity contribution >= 4 is 28.9 Å². The van der Waals surface area contributed by atoms with Gasteiger partial charge in [-0.1, -0.05) is 37.0 Å². The quantitative estimate of drug-likeness (QED) is 0.872. The molecule has 17 heavy (non-hydrogen) atoms. The third-order valence-electron chi connectivity index (χ3n) is 2.49. The van der Waals surface area contributed by atoms with E-state index in [1.165, 1.54) is 12.1 Å². The second-order valence-electron chi connectivity index (χ2n) is 4.19. The fourth-order valence-electron chi connectivity index (χ4n) is 1.45. The maximum atomic E-state index is 13.0. The molecule has 1 aromatic carbocycles. The summed E-state index contributed by atoms with van der Waals surface area (Å²) in [5.74, 6) is -0.106. The molecule has 96 valence electrons. The summed E-state index contributed by atoms with van der Waals surface area (Å²) in [6, 6.07) is 2.54. The van der Waals surface area contributed by atoms with Gasteiger partial charge in [0.1, 0.15) is 5.82 Å².